The molecule has 0 unspecified atom stereocenters. The fourth-order valence-corrected chi connectivity index (χ4v) is 2.52. The molecule has 4 aromatic rings. The van der Waals surface area contributed by atoms with Crippen LogP contribution in [0, 0.1) is 12.7 Å². The van der Waals surface area contributed by atoms with Gasteiger partial charge >= 0.3 is 0 Å². The van der Waals surface area contributed by atoms with Crippen molar-refractivity contribution in [2.75, 3.05) is 5.32 Å². The molecule has 0 radical (unpaired) electrons. The van der Waals surface area contributed by atoms with Gasteiger partial charge in [0.1, 0.15) is 17.2 Å². The zero-order valence-corrected chi connectivity index (χ0v) is 13.1. The summed E-state index contributed by atoms with van der Waals surface area (Å²) in [5.74, 6) is -0.633. The third-order valence-corrected chi connectivity index (χ3v) is 3.86. The first kappa shape index (κ1) is 15.0. The predicted octanol–water partition coefficient (Wildman–Crippen LogP) is 3.08. The van der Waals surface area contributed by atoms with Gasteiger partial charge in [-0.3, -0.25) is 9.20 Å². The molecule has 0 bridgehead atoms. The molecule has 1 aromatic carbocycles. The van der Waals surface area contributed by atoms with Crippen LogP contribution in [-0.4, -0.2) is 25.4 Å². The Kier molecular flexibility index (Phi) is 3.50. The normalized spacial score (nSPS) is 11.0. The Balaban J connectivity index is 1.71. The van der Waals surface area contributed by atoms with E-state index in [1.807, 2.05) is 6.07 Å². The van der Waals surface area contributed by atoms with Crippen LogP contribution in [0.25, 0.3) is 17.0 Å². The number of carbonyl (C=O) groups is 1. The second kappa shape index (κ2) is 5.82. The summed E-state index contributed by atoms with van der Waals surface area (Å²) in [4.78, 5) is 20.7. The minimum absolute atomic E-state index is 0.240. The van der Waals surface area contributed by atoms with Gasteiger partial charge in [-0.25, -0.2) is 9.37 Å². The topological polar surface area (TPSA) is 85.3 Å². The highest BCUT2D eigenvalue weighted by molar-refractivity contribution is 6.04. The van der Waals surface area contributed by atoms with Gasteiger partial charge in [0.2, 0.25) is 12.2 Å². The third-order valence-electron chi connectivity index (χ3n) is 3.86. The lowest BCUT2D eigenvalue weighted by atomic mass is 10.1. The summed E-state index contributed by atoms with van der Waals surface area (Å²) in [5.41, 5.74) is 2.05. The first-order valence-electron chi connectivity index (χ1n) is 7.44. The molecular formula is C17H12FN5O2. The Hall–Kier alpha value is -3.55. The summed E-state index contributed by atoms with van der Waals surface area (Å²) >= 11 is 0. The number of pyridine rings is 1. The highest BCUT2D eigenvalue weighted by Crippen LogP contribution is 2.26. The molecule has 0 saturated carbocycles. The van der Waals surface area contributed by atoms with Gasteiger partial charge in [-0.15, -0.1) is 0 Å². The molecule has 3 heterocycles. The van der Waals surface area contributed by atoms with Gasteiger partial charge in [0.15, 0.2) is 0 Å². The molecule has 8 heteroatoms. The number of nitrogens with zero attached hydrogens (tertiary/aromatic N) is 4. The molecule has 0 atom stereocenters. The van der Waals surface area contributed by atoms with Gasteiger partial charge in [-0.05, 0) is 31.2 Å². The summed E-state index contributed by atoms with van der Waals surface area (Å²) in [6.45, 7) is 1.58. The zero-order valence-electron chi connectivity index (χ0n) is 13.1. The summed E-state index contributed by atoms with van der Waals surface area (Å²) in [5, 5.41) is 6.41. The van der Waals surface area contributed by atoms with Gasteiger partial charge in [-0.1, -0.05) is 11.2 Å². The number of hydrogen-bond donors (Lipinski definition) is 1. The molecule has 0 saturated heterocycles. The van der Waals surface area contributed by atoms with Crippen LogP contribution in [0.2, 0.25) is 0 Å². The minimum atomic E-state index is -0.476. The van der Waals surface area contributed by atoms with Crippen molar-refractivity contribution < 1.29 is 13.7 Å². The van der Waals surface area contributed by atoms with Crippen LogP contribution in [-0.2, 0) is 0 Å². The Morgan fingerprint density at radius 1 is 1.28 bits per heavy atom. The number of imidazole rings is 1. The molecule has 124 valence electrons. The summed E-state index contributed by atoms with van der Waals surface area (Å²) < 4.78 is 20.6. The number of amides is 1. The van der Waals surface area contributed by atoms with Crippen molar-refractivity contribution in [3.63, 3.8) is 0 Å². The van der Waals surface area contributed by atoms with E-state index in [4.69, 9.17) is 0 Å². The monoisotopic (exact) mass is 337 g/mol. The number of fused-ring (bicyclic) bond motifs is 1. The van der Waals surface area contributed by atoms with Crippen LogP contribution in [0.15, 0.2) is 53.6 Å². The van der Waals surface area contributed by atoms with Gasteiger partial charge < -0.3 is 9.84 Å². The second-order valence-corrected chi connectivity index (χ2v) is 5.41. The second-order valence-electron chi connectivity index (χ2n) is 5.41. The number of hydrogen-bond acceptors (Lipinski definition) is 5. The van der Waals surface area contributed by atoms with Crippen LogP contribution in [0.4, 0.5) is 10.1 Å². The minimum Gasteiger partial charge on any atom is -0.342 e. The Morgan fingerprint density at radius 3 is 2.96 bits per heavy atom. The van der Waals surface area contributed by atoms with Crippen molar-refractivity contribution in [3.8, 4) is 11.4 Å². The van der Waals surface area contributed by atoms with Crippen molar-refractivity contribution >= 4 is 17.2 Å². The Morgan fingerprint density at radius 2 is 2.16 bits per heavy atom. The van der Waals surface area contributed by atoms with Gasteiger partial charge in [0.05, 0.1) is 6.20 Å². The molecular weight excluding hydrogens is 325 g/mol. The first-order chi connectivity index (χ1) is 12.1. The molecule has 0 aliphatic rings. The largest absolute Gasteiger partial charge is 0.342 e. The van der Waals surface area contributed by atoms with Crippen molar-refractivity contribution in [3.05, 3.63) is 66.2 Å². The lowest BCUT2D eigenvalue weighted by Crippen LogP contribution is -2.15. The van der Waals surface area contributed by atoms with E-state index < -0.39 is 11.7 Å². The van der Waals surface area contributed by atoms with E-state index in [9.17, 15) is 9.18 Å². The Labute approximate surface area is 141 Å². The van der Waals surface area contributed by atoms with Gasteiger partial charge in [-0.2, -0.15) is 4.98 Å². The van der Waals surface area contributed by atoms with E-state index in [0.717, 1.165) is 6.39 Å². The molecule has 1 amide bonds. The van der Waals surface area contributed by atoms with Crippen molar-refractivity contribution in [1.82, 2.24) is 19.5 Å². The number of benzene rings is 1. The number of aromatic nitrogens is 4. The lowest BCUT2D eigenvalue weighted by molar-refractivity contribution is 0.102. The van der Waals surface area contributed by atoms with Gasteiger partial charge in [0.25, 0.3) is 5.91 Å². The quantitative estimate of drug-likeness (QED) is 0.621. The van der Waals surface area contributed by atoms with E-state index in [1.165, 1.54) is 12.3 Å². The SMILES string of the molecule is Cc1c(F)cc(-c2ncon2)cc1NC(=O)c1cnc2ccccn12. The molecule has 0 aliphatic heterocycles. The fraction of sp³-hybridized carbons (Fsp3) is 0.0588. The van der Waals surface area contributed by atoms with Crippen LogP contribution >= 0.6 is 0 Å². The lowest BCUT2D eigenvalue weighted by Gasteiger charge is -2.10. The van der Waals surface area contributed by atoms with Gasteiger partial charge in [0, 0.05) is 23.0 Å². The van der Waals surface area contributed by atoms with Crippen LogP contribution in [0.3, 0.4) is 0 Å². The van der Waals surface area contributed by atoms with Crippen LogP contribution < -0.4 is 5.32 Å². The number of carbonyl (C=O) groups excluding carboxylic acids is 1. The summed E-state index contributed by atoms with van der Waals surface area (Å²) in [7, 11) is 0. The maximum atomic E-state index is 14.2. The van der Waals surface area contributed by atoms with E-state index in [1.54, 1.807) is 35.7 Å². The summed E-state index contributed by atoms with van der Waals surface area (Å²) in [6.07, 6.45) is 4.36. The average Bonchev–Trinajstić information content (AvgIpc) is 3.28. The molecule has 4 rings (SSSR count). The van der Waals surface area contributed by atoms with Crippen LogP contribution in [0.5, 0.6) is 0 Å². The molecule has 3 aromatic heterocycles. The highest BCUT2D eigenvalue weighted by Gasteiger charge is 2.16. The number of nitrogens with one attached hydrogen (secondary N) is 1. The maximum absolute atomic E-state index is 14.2. The highest BCUT2D eigenvalue weighted by atomic mass is 19.1. The predicted molar refractivity (Wildman–Crippen MR) is 87.6 cm³/mol. The molecule has 25 heavy (non-hydrogen) atoms. The number of rotatable bonds is 3. The smallest absolute Gasteiger partial charge is 0.274 e. The number of anilines is 1. The Bertz CT molecular complexity index is 1070. The van der Waals surface area contributed by atoms with E-state index in [-0.39, 0.29) is 5.82 Å². The molecule has 7 nitrogen and oxygen atoms in total. The van der Waals surface area contributed by atoms with Crippen molar-refractivity contribution in [1.29, 1.82) is 0 Å². The maximum Gasteiger partial charge on any atom is 0.274 e. The summed E-state index contributed by atoms with van der Waals surface area (Å²) in [6, 6.07) is 8.32. The fourth-order valence-electron chi connectivity index (χ4n) is 2.52. The molecule has 0 fully saturated rings. The molecule has 0 spiro atoms. The van der Waals surface area contributed by atoms with E-state index in [2.05, 4.69) is 25.0 Å². The number of halogens is 1. The first-order valence-corrected chi connectivity index (χ1v) is 7.44. The molecule has 1 N–H and O–H groups in total. The third kappa shape index (κ3) is 2.63. The standard InChI is InChI=1S/C17H12FN5O2/c1-10-12(18)6-11(16-20-9-25-22-16)7-13(10)21-17(24)14-8-19-15-4-2-3-5-23(14)15/h2-9H,1H3,(H,21,24). The zero-order chi connectivity index (χ0) is 17.4. The van der Waals surface area contributed by atoms with Crippen LogP contribution in [0.1, 0.15) is 16.1 Å². The molecule has 0 aliphatic carbocycles. The van der Waals surface area contributed by atoms with Crippen molar-refractivity contribution in [2.24, 2.45) is 0 Å². The van der Waals surface area contributed by atoms with E-state index in [0.29, 0.717) is 28.2 Å². The average molecular weight is 337 g/mol. The van der Waals surface area contributed by atoms with E-state index >= 15 is 0 Å². The van der Waals surface area contributed by atoms with Crippen molar-refractivity contribution in [2.45, 2.75) is 6.92 Å².